The van der Waals surface area contributed by atoms with E-state index in [9.17, 15) is 5.11 Å². The van der Waals surface area contributed by atoms with Crippen LogP contribution in [0.2, 0.25) is 0 Å². The first-order valence-corrected chi connectivity index (χ1v) is 16.1. The van der Waals surface area contributed by atoms with Crippen LogP contribution < -0.4 is 18.9 Å². The molecule has 0 radical (unpaired) electrons. The van der Waals surface area contributed by atoms with Gasteiger partial charge in [0.05, 0.1) is 3.57 Å². The fourth-order valence-electron chi connectivity index (χ4n) is 4.38. The minimum atomic E-state index is -0.811. The Bertz CT molecular complexity index is 1550. The number of hydrogen-bond acceptors (Lipinski definition) is 5. The van der Waals surface area contributed by atoms with Crippen molar-refractivity contribution in [3.05, 3.63) is 153 Å². The maximum absolute atomic E-state index is 11.0. The molecule has 0 bridgehead atoms. The lowest BCUT2D eigenvalue weighted by molar-refractivity contribution is 0.0508. The zero-order valence-corrected chi connectivity index (χ0v) is 27.2. The van der Waals surface area contributed by atoms with Gasteiger partial charge in [0.2, 0.25) is 0 Å². The third-order valence-corrected chi connectivity index (χ3v) is 8.41. The molecule has 0 aliphatic heterocycles. The summed E-state index contributed by atoms with van der Waals surface area (Å²) in [5, 5.41) is 11.4. The number of rotatable bonds is 14. The smallest absolute Gasteiger partial charge is 0.150 e. The molecule has 2 atom stereocenters. The monoisotopic (exact) mass is 750 g/mol. The van der Waals surface area contributed by atoms with Crippen LogP contribution in [0.4, 0.5) is 0 Å². The first-order chi connectivity index (χ1) is 21.1. The van der Waals surface area contributed by atoms with Gasteiger partial charge in [-0.2, -0.15) is 0 Å². The molecule has 0 aromatic heterocycles. The summed E-state index contributed by atoms with van der Waals surface area (Å²) in [5.74, 6) is 2.55. The van der Waals surface area contributed by atoms with Gasteiger partial charge in [-0.1, -0.05) is 119 Å². The fraction of sp³-hybridized carbons (Fsp3) is 0.167. The van der Waals surface area contributed by atoms with Crippen molar-refractivity contribution in [2.45, 2.75) is 32.0 Å². The number of halogens is 2. The average Bonchev–Trinajstić information content (AvgIpc) is 3.07. The molecule has 5 rings (SSSR count). The summed E-state index contributed by atoms with van der Waals surface area (Å²) in [5.41, 5.74) is 4.02. The van der Waals surface area contributed by atoms with Crippen molar-refractivity contribution in [3.63, 3.8) is 0 Å². The number of alkyl halides is 1. The Morgan fingerprint density at radius 3 is 1.56 bits per heavy atom. The lowest BCUT2D eigenvalue weighted by Gasteiger charge is -2.25. The Kier molecular flexibility index (Phi) is 11.4. The first-order valence-electron chi connectivity index (χ1n) is 13.9. The Balaban J connectivity index is 1.38. The number of hydrogen-bond donors (Lipinski definition) is 1. The van der Waals surface area contributed by atoms with Crippen molar-refractivity contribution in [2.24, 2.45) is 0 Å². The van der Waals surface area contributed by atoms with Crippen LogP contribution in [0.25, 0.3) is 0 Å². The van der Waals surface area contributed by atoms with E-state index in [0.29, 0.717) is 42.4 Å². The van der Waals surface area contributed by atoms with Crippen LogP contribution in [-0.2, 0) is 19.8 Å². The summed E-state index contributed by atoms with van der Waals surface area (Å²) in [6, 6.07) is 41.4. The standard InChI is InChI=1S/C36H32BrIO5/c37-22-32(39)36(29-16-18-30(19-17-29)40-23-26-10-4-1-5-11-26)43-34-21-31(41-24-27-12-6-2-7-13-27)20-33(35(34)38)42-25-28-14-8-3-9-15-28/h1-21,32,36,39H,22-25H2/t32-,36+/m1/s1. The highest BCUT2D eigenvalue weighted by atomic mass is 127. The predicted molar refractivity (Wildman–Crippen MR) is 181 cm³/mol. The third kappa shape index (κ3) is 8.98. The van der Waals surface area contributed by atoms with Crippen LogP contribution >= 0.6 is 38.5 Å². The van der Waals surface area contributed by atoms with Crippen LogP contribution in [-0.4, -0.2) is 16.5 Å². The van der Waals surface area contributed by atoms with Crippen LogP contribution in [0.3, 0.4) is 0 Å². The van der Waals surface area contributed by atoms with Crippen molar-refractivity contribution in [2.75, 3.05) is 5.33 Å². The van der Waals surface area contributed by atoms with E-state index in [-0.39, 0.29) is 0 Å². The molecule has 0 amide bonds. The van der Waals surface area contributed by atoms with E-state index in [4.69, 9.17) is 18.9 Å². The van der Waals surface area contributed by atoms with E-state index in [1.165, 1.54) is 0 Å². The number of ether oxygens (including phenoxy) is 4. The zero-order valence-electron chi connectivity index (χ0n) is 23.4. The van der Waals surface area contributed by atoms with Gasteiger partial charge >= 0.3 is 0 Å². The van der Waals surface area contributed by atoms with Gasteiger partial charge in [-0.3, -0.25) is 0 Å². The molecular weight excluding hydrogens is 719 g/mol. The second kappa shape index (κ2) is 15.8. The van der Waals surface area contributed by atoms with E-state index in [2.05, 4.69) is 38.5 Å². The molecule has 0 spiro atoms. The molecule has 43 heavy (non-hydrogen) atoms. The topological polar surface area (TPSA) is 57.2 Å². The molecule has 5 aromatic rings. The molecule has 0 saturated heterocycles. The molecule has 5 aromatic carbocycles. The quantitative estimate of drug-likeness (QED) is 0.0908. The van der Waals surface area contributed by atoms with Crippen LogP contribution in [0, 0.1) is 3.57 Å². The van der Waals surface area contributed by atoms with Gasteiger partial charge in [-0.05, 0) is 57.0 Å². The van der Waals surface area contributed by atoms with Crippen LogP contribution in [0.5, 0.6) is 23.0 Å². The summed E-state index contributed by atoms with van der Waals surface area (Å²) in [6.45, 7) is 1.27. The van der Waals surface area contributed by atoms with E-state index >= 15 is 0 Å². The Morgan fingerprint density at radius 1 is 0.581 bits per heavy atom. The number of aliphatic hydroxyl groups is 1. The predicted octanol–water partition coefficient (Wildman–Crippen LogP) is 8.90. The molecule has 1 N–H and O–H groups in total. The van der Waals surface area contributed by atoms with Crippen LogP contribution in [0.15, 0.2) is 127 Å². The number of aliphatic hydroxyl groups excluding tert-OH is 1. The molecule has 0 saturated carbocycles. The molecule has 0 fully saturated rings. The minimum Gasteiger partial charge on any atom is -0.489 e. The highest BCUT2D eigenvalue weighted by Crippen LogP contribution is 2.39. The van der Waals surface area contributed by atoms with Crippen molar-refractivity contribution < 1.29 is 24.1 Å². The highest BCUT2D eigenvalue weighted by molar-refractivity contribution is 14.1. The van der Waals surface area contributed by atoms with Crippen molar-refractivity contribution in [1.82, 2.24) is 0 Å². The van der Waals surface area contributed by atoms with Crippen molar-refractivity contribution in [3.8, 4) is 23.0 Å². The largest absolute Gasteiger partial charge is 0.489 e. The van der Waals surface area contributed by atoms with Gasteiger partial charge in [-0.25, -0.2) is 0 Å². The maximum Gasteiger partial charge on any atom is 0.150 e. The SMILES string of the molecule is O[C@H](CBr)[C@@H](Oc1cc(OCc2ccccc2)cc(OCc2ccccc2)c1I)c1ccc(OCc2ccccc2)cc1. The Labute approximate surface area is 274 Å². The van der Waals surface area contributed by atoms with Gasteiger partial charge in [0.1, 0.15) is 48.9 Å². The number of benzene rings is 5. The fourth-order valence-corrected chi connectivity index (χ4v) is 5.31. The molecule has 0 aliphatic rings. The van der Waals surface area contributed by atoms with E-state index in [0.717, 1.165) is 31.6 Å². The van der Waals surface area contributed by atoms with Gasteiger partial charge < -0.3 is 24.1 Å². The van der Waals surface area contributed by atoms with Gasteiger partial charge in [0, 0.05) is 17.5 Å². The summed E-state index contributed by atoms with van der Waals surface area (Å²) in [4.78, 5) is 0. The molecule has 0 heterocycles. The molecule has 5 nitrogen and oxygen atoms in total. The molecular formula is C36H32BrIO5. The van der Waals surface area contributed by atoms with E-state index < -0.39 is 12.2 Å². The minimum absolute atomic E-state index is 0.335. The van der Waals surface area contributed by atoms with E-state index in [1.54, 1.807) is 0 Å². The third-order valence-electron chi connectivity index (χ3n) is 6.68. The lowest BCUT2D eigenvalue weighted by atomic mass is 10.0. The average molecular weight is 751 g/mol. The normalized spacial score (nSPS) is 12.3. The molecule has 0 unspecified atom stereocenters. The van der Waals surface area contributed by atoms with Gasteiger partial charge in [0.15, 0.2) is 6.10 Å². The summed E-state index contributed by atoms with van der Waals surface area (Å²) in [6.07, 6.45) is -1.46. The maximum atomic E-state index is 11.0. The Hall–Kier alpha value is -3.53. The van der Waals surface area contributed by atoms with Gasteiger partial charge in [-0.15, -0.1) is 0 Å². The van der Waals surface area contributed by atoms with E-state index in [1.807, 2.05) is 127 Å². The summed E-state index contributed by atoms with van der Waals surface area (Å²) >= 11 is 5.67. The van der Waals surface area contributed by atoms with Crippen molar-refractivity contribution in [1.29, 1.82) is 0 Å². The molecule has 220 valence electrons. The van der Waals surface area contributed by atoms with Gasteiger partial charge in [0.25, 0.3) is 0 Å². The summed E-state index contributed by atoms with van der Waals surface area (Å²) in [7, 11) is 0. The van der Waals surface area contributed by atoms with Crippen molar-refractivity contribution >= 4 is 38.5 Å². The lowest BCUT2D eigenvalue weighted by Crippen LogP contribution is -2.25. The summed E-state index contributed by atoms with van der Waals surface area (Å²) < 4.78 is 25.7. The zero-order chi connectivity index (χ0) is 29.9. The Morgan fingerprint density at radius 2 is 1.05 bits per heavy atom. The molecule has 7 heteroatoms. The first kappa shape index (κ1) is 30.9. The highest BCUT2D eigenvalue weighted by Gasteiger charge is 2.25. The molecule has 0 aliphatic carbocycles. The second-order valence-electron chi connectivity index (χ2n) is 9.89. The van der Waals surface area contributed by atoms with Crippen LogP contribution in [0.1, 0.15) is 28.4 Å². The second-order valence-corrected chi connectivity index (χ2v) is 11.6.